The Morgan fingerprint density at radius 2 is 1.36 bits per heavy atom. The Kier molecular flexibility index (Phi) is 13.8. The fourth-order valence-corrected chi connectivity index (χ4v) is 6.35. The van der Waals surface area contributed by atoms with Crippen molar-refractivity contribution < 1.29 is 64.8 Å². The number of allylic oxidation sites excluding steroid dienone is 2. The third-order valence-electron chi connectivity index (χ3n) is 8.18. The first kappa shape index (κ1) is 34.8. The minimum Gasteiger partial charge on any atom is -1.00 e. The summed E-state index contributed by atoms with van der Waals surface area (Å²) in [6.07, 6.45) is 9.32. The van der Waals surface area contributed by atoms with Crippen LogP contribution in [0.15, 0.2) is 23.3 Å². The van der Waals surface area contributed by atoms with Gasteiger partial charge in [-0.15, -0.1) is 0 Å². The molecule has 4 bridgehead atoms. The van der Waals surface area contributed by atoms with Crippen molar-refractivity contribution in [2.75, 3.05) is 13.6 Å². The number of hydrogen-bond donors (Lipinski definition) is 3. The van der Waals surface area contributed by atoms with Crippen molar-refractivity contribution in [3.05, 3.63) is 23.3 Å². The number of Topliss-reactive ketones (excluding diaryl/α,β-unsaturated/α-hetero) is 2. The number of halogens is 4. The molecule has 4 rings (SSSR count). The van der Waals surface area contributed by atoms with Crippen LogP contribution in [0.1, 0.15) is 78.1 Å². The van der Waals surface area contributed by atoms with Gasteiger partial charge in [0.25, 0.3) is 0 Å². The summed E-state index contributed by atoms with van der Waals surface area (Å²) >= 11 is 0. The second-order valence-corrected chi connectivity index (χ2v) is 10.6. The molecule has 4 aliphatic heterocycles. The number of ketones is 2. The highest BCUT2D eigenvalue weighted by Gasteiger charge is 2.42. The maximum atomic E-state index is 11.7. The van der Waals surface area contributed by atoms with Gasteiger partial charge >= 0.3 is 12.1 Å². The lowest BCUT2D eigenvalue weighted by molar-refractivity contribution is -0.930. The first-order valence-electron chi connectivity index (χ1n) is 13.3. The van der Waals surface area contributed by atoms with Gasteiger partial charge in [0.05, 0.1) is 32.1 Å². The summed E-state index contributed by atoms with van der Waals surface area (Å²) in [6.45, 7) is 4.24. The number of carbonyl (C=O) groups excluding carboxylic acids is 3. The zero-order valence-electron chi connectivity index (χ0n) is 22.7. The number of carboxylic acids is 2. The van der Waals surface area contributed by atoms with Gasteiger partial charge in [-0.05, 0) is 26.7 Å². The van der Waals surface area contributed by atoms with Crippen molar-refractivity contribution >= 4 is 23.5 Å². The Morgan fingerprint density at radius 3 is 1.85 bits per heavy atom. The summed E-state index contributed by atoms with van der Waals surface area (Å²) in [4.78, 5) is 45.5. The molecule has 0 aromatic heterocycles. The number of aliphatic carboxylic acids is 2. The van der Waals surface area contributed by atoms with E-state index >= 15 is 0 Å². The molecule has 2 fully saturated rings. The van der Waals surface area contributed by atoms with Crippen LogP contribution < -0.4 is 27.3 Å². The fourth-order valence-electron chi connectivity index (χ4n) is 6.35. The van der Waals surface area contributed by atoms with E-state index in [9.17, 15) is 27.6 Å². The van der Waals surface area contributed by atoms with Crippen molar-refractivity contribution in [1.82, 2.24) is 0 Å². The normalized spacial score (nSPS) is 29.0. The van der Waals surface area contributed by atoms with E-state index in [1.165, 1.54) is 30.6 Å². The maximum absolute atomic E-state index is 11.7. The molecule has 0 radical (unpaired) electrons. The number of quaternary nitrogens is 2. The molecule has 0 spiro atoms. The molecule has 0 saturated carbocycles. The van der Waals surface area contributed by atoms with Crippen LogP contribution in [0.4, 0.5) is 13.2 Å². The standard InChI is InChI=1S/C14H21NO3.C11H17NO.C2HF3O2.ClH/c1-10(16)12-5-2-4-11-7-8-13(12)15(11)9-3-6-14(17)18;1-8(13)10-5-3-4-9-6-7-11(10)12(9)2;3-2(4,5)1(6)7;/h5,11,13H,2-4,6-9H2,1H3,(H,17,18);5,9,11H,3-4,6-7H2,1-2H3;(H,6,7);1H/t11-,13?;;;/m0.../s1. The molecular formula is C27H40ClF3N2O6. The van der Waals surface area contributed by atoms with Crippen LogP contribution in [0.25, 0.3) is 0 Å². The van der Waals surface area contributed by atoms with Gasteiger partial charge in [0, 0.05) is 56.1 Å². The first-order valence-corrected chi connectivity index (χ1v) is 13.3. The molecule has 3 N–H and O–H groups in total. The van der Waals surface area contributed by atoms with Gasteiger partial charge in [-0.25, -0.2) is 0 Å². The van der Waals surface area contributed by atoms with Gasteiger partial charge in [0.15, 0.2) is 11.6 Å². The molecule has 12 heteroatoms. The van der Waals surface area contributed by atoms with Crippen molar-refractivity contribution in [3.63, 3.8) is 0 Å². The minimum atomic E-state index is -5.19. The summed E-state index contributed by atoms with van der Waals surface area (Å²) in [5.41, 5.74) is 2.08. The lowest BCUT2D eigenvalue weighted by Crippen LogP contribution is -3.17. The van der Waals surface area contributed by atoms with E-state index in [2.05, 4.69) is 19.2 Å². The predicted octanol–water partition coefficient (Wildman–Crippen LogP) is -2.78. The Balaban J connectivity index is 0.000000318. The number of hydrogen-bond acceptors (Lipinski definition) is 5. The van der Waals surface area contributed by atoms with Crippen molar-refractivity contribution in [2.24, 2.45) is 0 Å². The topological polar surface area (TPSA) is 120 Å². The number of alkyl halides is 3. The van der Waals surface area contributed by atoms with E-state index < -0.39 is 18.1 Å². The summed E-state index contributed by atoms with van der Waals surface area (Å²) in [5.74, 6) is -3.25. The number of carboxylic acid groups (broad SMARTS) is 2. The predicted molar refractivity (Wildman–Crippen MR) is 130 cm³/mol. The quantitative estimate of drug-likeness (QED) is 0.313. The van der Waals surface area contributed by atoms with Crippen molar-refractivity contribution in [3.8, 4) is 0 Å². The molecule has 0 aromatic carbocycles. The molecule has 0 amide bonds. The summed E-state index contributed by atoms with van der Waals surface area (Å²) in [5, 5.41) is 17.5. The van der Waals surface area contributed by atoms with Crippen LogP contribution in [0.5, 0.6) is 0 Å². The van der Waals surface area contributed by atoms with E-state index in [1.54, 1.807) is 18.7 Å². The van der Waals surface area contributed by atoms with Gasteiger partial charge in [0.1, 0.15) is 18.1 Å². The molecule has 4 aliphatic rings. The Labute approximate surface area is 233 Å². The van der Waals surface area contributed by atoms with Gasteiger partial charge in [-0.1, -0.05) is 12.2 Å². The zero-order chi connectivity index (χ0) is 28.6. The van der Waals surface area contributed by atoms with E-state index in [-0.39, 0.29) is 30.4 Å². The third-order valence-corrected chi connectivity index (χ3v) is 8.18. The average molecular weight is 581 g/mol. The molecule has 5 unspecified atom stereocenters. The maximum Gasteiger partial charge on any atom is 0.430 e. The summed E-state index contributed by atoms with van der Waals surface area (Å²) in [7, 11) is 2.24. The minimum absolute atomic E-state index is 0. The SMILES string of the molecule is CC(=O)C1=CCCC2CCC1[NH+]2C.CC(=O)C1=CCC[C@H]2CCC1[NH+]2CCCC(=O)O.O=C([O-])C(F)(F)F.[Cl-]. The fraction of sp³-hybridized carbons (Fsp3) is 0.704. The van der Waals surface area contributed by atoms with Crippen LogP contribution >= 0.6 is 0 Å². The van der Waals surface area contributed by atoms with Crippen LogP contribution in [0.3, 0.4) is 0 Å². The Bertz CT molecular complexity index is 952. The van der Waals surface area contributed by atoms with Gasteiger partial charge in [0.2, 0.25) is 0 Å². The van der Waals surface area contributed by atoms with E-state index in [0.717, 1.165) is 49.4 Å². The molecule has 222 valence electrons. The molecular weight excluding hydrogens is 541 g/mol. The molecule has 4 heterocycles. The first-order chi connectivity index (χ1) is 17.7. The smallest absolute Gasteiger partial charge is 0.430 e. The summed E-state index contributed by atoms with van der Waals surface area (Å²) in [6, 6.07) is 2.25. The highest BCUT2D eigenvalue weighted by molar-refractivity contribution is 5.94. The van der Waals surface area contributed by atoms with Gasteiger partial charge in [-0.2, -0.15) is 13.2 Å². The Hall–Kier alpha value is -2.24. The van der Waals surface area contributed by atoms with E-state index in [4.69, 9.17) is 15.0 Å². The molecule has 39 heavy (non-hydrogen) atoms. The number of likely N-dealkylation sites (N-methyl/N-ethyl adjacent to an activating group) is 1. The largest absolute Gasteiger partial charge is 1.00 e. The second kappa shape index (κ2) is 15.5. The van der Waals surface area contributed by atoms with Crippen LogP contribution in [0.2, 0.25) is 0 Å². The summed E-state index contributed by atoms with van der Waals surface area (Å²) < 4.78 is 31.5. The molecule has 0 aromatic rings. The Morgan fingerprint density at radius 1 is 0.897 bits per heavy atom. The number of carbonyl (C=O) groups is 4. The van der Waals surface area contributed by atoms with Crippen LogP contribution in [-0.2, 0) is 19.2 Å². The second-order valence-electron chi connectivity index (χ2n) is 10.6. The van der Waals surface area contributed by atoms with Crippen molar-refractivity contribution in [1.29, 1.82) is 0 Å². The molecule has 0 aliphatic carbocycles. The average Bonchev–Trinajstić information content (AvgIpc) is 3.21. The van der Waals surface area contributed by atoms with Gasteiger partial charge in [-0.3, -0.25) is 14.4 Å². The number of nitrogens with one attached hydrogen (secondary N) is 2. The van der Waals surface area contributed by atoms with E-state index in [0.29, 0.717) is 24.5 Å². The molecule has 2 saturated heterocycles. The highest BCUT2D eigenvalue weighted by atomic mass is 35.5. The zero-order valence-corrected chi connectivity index (χ0v) is 23.5. The van der Waals surface area contributed by atoms with Crippen LogP contribution in [-0.4, -0.2) is 72.5 Å². The third kappa shape index (κ3) is 10.0. The lowest BCUT2D eigenvalue weighted by atomic mass is 9.97. The van der Waals surface area contributed by atoms with Crippen LogP contribution in [0, 0.1) is 0 Å². The highest BCUT2D eigenvalue weighted by Crippen LogP contribution is 2.23. The van der Waals surface area contributed by atoms with Crippen molar-refractivity contribution in [2.45, 2.75) is 108 Å². The monoisotopic (exact) mass is 580 g/mol. The molecule has 8 nitrogen and oxygen atoms in total. The number of fused-ring (bicyclic) bond motifs is 4. The lowest BCUT2D eigenvalue weighted by Gasteiger charge is -2.26. The van der Waals surface area contributed by atoms with Gasteiger partial charge < -0.3 is 37.2 Å². The molecule has 6 atom stereocenters. The number of rotatable bonds is 6. The van der Waals surface area contributed by atoms with E-state index in [1.807, 2.05) is 0 Å².